The molecule has 2 atom stereocenters. The molecule has 0 spiro atoms. The largest absolute Gasteiger partial charge is 0.340 e. The van der Waals surface area contributed by atoms with E-state index in [4.69, 9.17) is 5.73 Å². The molecule has 0 aliphatic rings. The van der Waals surface area contributed by atoms with E-state index in [-0.39, 0.29) is 0 Å². The third kappa shape index (κ3) is 1.90. The van der Waals surface area contributed by atoms with Crippen LogP contribution in [0.1, 0.15) is 20.3 Å². The van der Waals surface area contributed by atoms with E-state index in [1.807, 2.05) is 13.0 Å². The third-order valence-electron chi connectivity index (χ3n) is 2.51. The molecule has 0 aromatic heterocycles. The Hall–Kier alpha value is -0.630. The van der Waals surface area contributed by atoms with Crippen molar-refractivity contribution in [1.82, 2.24) is 0 Å². The minimum atomic E-state index is -3.47. The maximum Gasteiger partial charge on any atom is 0.248 e. The van der Waals surface area contributed by atoms with E-state index in [0.29, 0.717) is 11.7 Å². The van der Waals surface area contributed by atoms with Gasteiger partial charge in [-0.05, 0) is 25.5 Å². The average Bonchev–Trinajstić information content (AvgIpc) is 2.19. The summed E-state index contributed by atoms with van der Waals surface area (Å²) in [6, 6.07) is 8.57. The van der Waals surface area contributed by atoms with Gasteiger partial charge in [0.15, 0.2) is 0 Å². The van der Waals surface area contributed by atoms with Crippen molar-refractivity contribution in [1.29, 1.82) is 0 Å². The molecule has 4 heteroatoms. The Bertz CT molecular complexity index is 348. The van der Waals surface area contributed by atoms with Crippen molar-refractivity contribution < 1.29 is 9.46 Å². The predicted molar refractivity (Wildman–Crippen MR) is 58.8 cm³/mol. The van der Waals surface area contributed by atoms with Gasteiger partial charge in [0.1, 0.15) is 0 Å². The van der Waals surface area contributed by atoms with Gasteiger partial charge in [0.2, 0.25) is 7.37 Å². The van der Waals surface area contributed by atoms with Gasteiger partial charge in [0.05, 0.1) is 5.28 Å². The summed E-state index contributed by atoms with van der Waals surface area (Å²) in [7, 11) is -3.47. The second-order valence-electron chi connectivity index (χ2n) is 3.62. The zero-order chi connectivity index (χ0) is 10.8. The highest BCUT2D eigenvalue weighted by Gasteiger charge is 2.39. The average molecular weight is 213 g/mol. The van der Waals surface area contributed by atoms with E-state index < -0.39 is 12.6 Å². The molecule has 3 nitrogen and oxygen atoms in total. The van der Waals surface area contributed by atoms with Crippen LogP contribution in [-0.2, 0) is 4.57 Å². The number of nitrogens with two attached hydrogens (primary N) is 1. The van der Waals surface area contributed by atoms with Gasteiger partial charge in [0.25, 0.3) is 0 Å². The molecular formula is C10H16NO2P. The lowest BCUT2D eigenvalue weighted by Gasteiger charge is -2.28. The van der Waals surface area contributed by atoms with Gasteiger partial charge in [0, 0.05) is 5.30 Å². The van der Waals surface area contributed by atoms with Crippen molar-refractivity contribution >= 4 is 12.7 Å². The molecule has 1 aromatic carbocycles. The first kappa shape index (κ1) is 11.4. The monoisotopic (exact) mass is 213 g/mol. The fraction of sp³-hybridized carbons (Fsp3) is 0.400. The van der Waals surface area contributed by atoms with E-state index in [1.54, 1.807) is 31.2 Å². The van der Waals surface area contributed by atoms with Gasteiger partial charge in [-0.25, -0.2) is 0 Å². The summed E-state index contributed by atoms with van der Waals surface area (Å²) in [5, 5.41) is -0.624. The Morgan fingerprint density at radius 1 is 1.43 bits per heavy atom. The second-order valence-corrected chi connectivity index (χ2v) is 6.31. The van der Waals surface area contributed by atoms with E-state index in [1.165, 1.54) is 0 Å². The van der Waals surface area contributed by atoms with Crippen molar-refractivity contribution in [3.8, 4) is 0 Å². The normalized spacial score (nSPS) is 19.7. The molecule has 0 radical (unpaired) electrons. The molecule has 14 heavy (non-hydrogen) atoms. The van der Waals surface area contributed by atoms with Gasteiger partial charge in [-0.2, -0.15) is 0 Å². The van der Waals surface area contributed by atoms with E-state index in [2.05, 4.69) is 0 Å². The molecule has 0 saturated heterocycles. The Balaban J connectivity index is 3.15. The molecule has 1 rings (SSSR count). The summed E-state index contributed by atoms with van der Waals surface area (Å²) in [6.07, 6.45) is 0.468. The summed E-state index contributed by atoms with van der Waals surface area (Å²) >= 11 is 0. The minimum Gasteiger partial charge on any atom is -0.340 e. The maximum atomic E-state index is 12.1. The van der Waals surface area contributed by atoms with Crippen LogP contribution in [0.3, 0.4) is 0 Å². The molecule has 2 unspecified atom stereocenters. The Kier molecular flexibility index (Phi) is 3.15. The van der Waals surface area contributed by atoms with Crippen molar-refractivity contribution in [2.45, 2.75) is 25.5 Å². The van der Waals surface area contributed by atoms with Gasteiger partial charge < -0.3 is 10.6 Å². The molecule has 0 aliphatic heterocycles. The zero-order valence-electron chi connectivity index (χ0n) is 8.47. The molecular weight excluding hydrogens is 197 g/mol. The molecule has 0 amide bonds. The Labute approximate surface area is 84.4 Å². The second kappa shape index (κ2) is 3.85. The van der Waals surface area contributed by atoms with E-state index >= 15 is 0 Å². The lowest BCUT2D eigenvalue weighted by atomic mass is 10.3. The van der Waals surface area contributed by atoms with Crippen molar-refractivity contribution in [3.63, 3.8) is 0 Å². The highest BCUT2D eigenvalue weighted by atomic mass is 31.2. The molecule has 1 aromatic rings. The number of rotatable bonds is 3. The van der Waals surface area contributed by atoms with Crippen LogP contribution in [-0.4, -0.2) is 10.2 Å². The van der Waals surface area contributed by atoms with Crippen LogP contribution in [0, 0.1) is 0 Å². The standard InChI is InChI=1S/C10H16NO2P/c1-3-10(2,11)14(12,13)9-7-5-4-6-8-9/h4-8H,3,11H2,1-2H3,(H,12,13). The van der Waals surface area contributed by atoms with Gasteiger partial charge in [-0.3, -0.25) is 4.57 Å². The maximum absolute atomic E-state index is 12.1. The summed E-state index contributed by atoms with van der Waals surface area (Å²) in [4.78, 5) is 9.94. The highest BCUT2D eigenvalue weighted by Crippen LogP contribution is 2.51. The number of hydrogen-bond donors (Lipinski definition) is 2. The third-order valence-corrected chi connectivity index (χ3v) is 5.21. The fourth-order valence-corrected chi connectivity index (χ4v) is 2.73. The van der Waals surface area contributed by atoms with Crippen molar-refractivity contribution in [3.05, 3.63) is 30.3 Å². The van der Waals surface area contributed by atoms with Crippen molar-refractivity contribution in [2.24, 2.45) is 5.73 Å². The van der Waals surface area contributed by atoms with Crippen molar-refractivity contribution in [2.75, 3.05) is 0 Å². The Morgan fingerprint density at radius 3 is 2.36 bits per heavy atom. The summed E-state index contributed by atoms with van der Waals surface area (Å²) in [5.41, 5.74) is 5.81. The van der Waals surface area contributed by atoms with Gasteiger partial charge >= 0.3 is 0 Å². The van der Waals surface area contributed by atoms with Crippen LogP contribution < -0.4 is 11.0 Å². The fourth-order valence-electron chi connectivity index (χ4n) is 1.14. The lowest BCUT2D eigenvalue weighted by Crippen LogP contribution is -2.38. The van der Waals surface area contributed by atoms with E-state index in [0.717, 1.165) is 0 Å². The summed E-state index contributed by atoms with van der Waals surface area (Å²) < 4.78 is 12.1. The first-order valence-corrected chi connectivity index (χ1v) is 6.25. The molecule has 3 N–H and O–H groups in total. The molecule has 0 aliphatic carbocycles. The van der Waals surface area contributed by atoms with Crippen LogP contribution >= 0.6 is 7.37 Å². The predicted octanol–water partition coefficient (Wildman–Crippen LogP) is 1.67. The zero-order valence-corrected chi connectivity index (χ0v) is 9.37. The lowest BCUT2D eigenvalue weighted by molar-refractivity contribution is 0.437. The molecule has 0 saturated carbocycles. The molecule has 0 fully saturated rings. The first-order chi connectivity index (χ1) is 6.42. The highest BCUT2D eigenvalue weighted by molar-refractivity contribution is 7.67. The summed E-state index contributed by atoms with van der Waals surface area (Å²) in [6.45, 7) is 3.42. The molecule has 0 bridgehead atoms. The smallest absolute Gasteiger partial charge is 0.248 e. The van der Waals surface area contributed by atoms with Crippen LogP contribution in [0.5, 0.6) is 0 Å². The number of hydrogen-bond acceptors (Lipinski definition) is 2. The van der Waals surface area contributed by atoms with Gasteiger partial charge in [-0.15, -0.1) is 0 Å². The quantitative estimate of drug-likeness (QED) is 0.750. The minimum absolute atomic E-state index is 0.423. The van der Waals surface area contributed by atoms with Gasteiger partial charge in [-0.1, -0.05) is 25.1 Å². The van der Waals surface area contributed by atoms with Crippen LogP contribution in [0.2, 0.25) is 0 Å². The molecule has 0 heterocycles. The van der Waals surface area contributed by atoms with E-state index in [9.17, 15) is 9.46 Å². The van der Waals surface area contributed by atoms with Crippen LogP contribution in [0.15, 0.2) is 30.3 Å². The Morgan fingerprint density at radius 2 is 1.93 bits per heavy atom. The van der Waals surface area contributed by atoms with Crippen LogP contribution in [0.25, 0.3) is 0 Å². The topological polar surface area (TPSA) is 63.3 Å². The number of benzene rings is 1. The van der Waals surface area contributed by atoms with Crippen LogP contribution in [0.4, 0.5) is 0 Å². The summed E-state index contributed by atoms with van der Waals surface area (Å²) in [5.74, 6) is 0. The molecule has 78 valence electrons. The first-order valence-electron chi connectivity index (χ1n) is 4.59. The SMILES string of the molecule is CCC(C)(N)P(=O)(O)c1ccccc1.